The Morgan fingerprint density at radius 2 is 2.17 bits per heavy atom. The molecular formula is C7H5BrClF2N. The van der Waals surface area contributed by atoms with Crippen LogP contribution in [0.2, 0.25) is 5.02 Å². The molecule has 0 unspecified atom stereocenters. The third kappa shape index (κ3) is 1.93. The zero-order valence-electron chi connectivity index (χ0n) is 5.90. The number of hydrogen-bond donors (Lipinski definition) is 0. The van der Waals surface area contributed by atoms with E-state index in [1.807, 2.05) is 0 Å². The molecule has 0 atom stereocenters. The van der Waals surface area contributed by atoms with Gasteiger partial charge in [0.25, 0.3) is 6.43 Å². The Bertz CT molecular complexity index is 280. The van der Waals surface area contributed by atoms with E-state index in [9.17, 15) is 8.78 Å². The number of pyridine rings is 1. The van der Waals surface area contributed by atoms with Gasteiger partial charge >= 0.3 is 0 Å². The second kappa shape index (κ2) is 4.14. The maximum absolute atomic E-state index is 12.2. The molecule has 1 aromatic heterocycles. The molecule has 66 valence electrons. The van der Waals surface area contributed by atoms with Gasteiger partial charge in [-0.15, -0.1) is 0 Å². The summed E-state index contributed by atoms with van der Waals surface area (Å²) < 4.78 is 24.4. The molecule has 0 N–H and O–H groups in total. The van der Waals surface area contributed by atoms with E-state index in [1.165, 1.54) is 6.20 Å². The van der Waals surface area contributed by atoms with Gasteiger partial charge in [0.1, 0.15) is 0 Å². The van der Waals surface area contributed by atoms with Crippen LogP contribution < -0.4 is 0 Å². The molecule has 12 heavy (non-hydrogen) atoms. The maximum atomic E-state index is 12.2. The maximum Gasteiger partial charge on any atom is 0.266 e. The summed E-state index contributed by atoms with van der Waals surface area (Å²) in [5.74, 6) is 0. The van der Waals surface area contributed by atoms with Crippen LogP contribution in [0.25, 0.3) is 0 Å². The zero-order valence-corrected chi connectivity index (χ0v) is 8.24. The third-order valence-corrected chi connectivity index (χ3v) is 2.42. The van der Waals surface area contributed by atoms with Gasteiger partial charge < -0.3 is 0 Å². The fourth-order valence-electron chi connectivity index (χ4n) is 0.752. The molecule has 0 spiro atoms. The highest BCUT2D eigenvalue weighted by Gasteiger charge is 2.14. The van der Waals surface area contributed by atoms with Gasteiger partial charge in [0, 0.05) is 23.3 Å². The van der Waals surface area contributed by atoms with Gasteiger partial charge in [0.2, 0.25) is 0 Å². The van der Waals surface area contributed by atoms with E-state index in [-0.39, 0.29) is 10.6 Å². The minimum atomic E-state index is -2.57. The van der Waals surface area contributed by atoms with Crippen molar-refractivity contribution in [2.45, 2.75) is 11.8 Å². The van der Waals surface area contributed by atoms with Crippen molar-refractivity contribution in [2.75, 3.05) is 0 Å². The third-order valence-electron chi connectivity index (χ3n) is 1.36. The van der Waals surface area contributed by atoms with Crippen LogP contribution in [0.15, 0.2) is 12.4 Å². The molecule has 1 nitrogen and oxygen atoms in total. The van der Waals surface area contributed by atoms with Gasteiger partial charge in [-0.3, -0.25) is 4.98 Å². The lowest BCUT2D eigenvalue weighted by Crippen LogP contribution is -1.92. The normalized spacial score (nSPS) is 10.8. The van der Waals surface area contributed by atoms with Crippen LogP contribution in [0.1, 0.15) is 17.6 Å². The van der Waals surface area contributed by atoms with Crippen molar-refractivity contribution >= 4 is 27.5 Å². The number of rotatable bonds is 2. The highest BCUT2D eigenvalue weighted by Crippen LogP contribution is 2.29. The Kier molecular flexibility index (Phi) is 3.40. The van der Waals surface area contributed by atoms with Gasteiger partial charge in [-0.2, -0.15) is 0 Å². The van der Waals surface area contributed by atoms with Crippen molar-refractivity contribution < 1.29 is 8.78 Å². The molecule has 0 radical (unpaired) electrons. The quantitative estimate of drug-likeness (QED) is 0.737. The number of halogens is 4. The lowest BCUT2D eigenvalue weighted by Gasteiger charge is -2.04. The molecule has 0 saturated heterocycles. The van der Waals surface area contributed by atoms with Crippen LogP contribution in [0, 0.1) is 0 Å². The highest BCUT2D eigenvalue weighted by molar-refractivity contribution is 9.08. The average molecular weight is 256 g/mol. The molecule has 0 aliphatic heterocycles. The fourth-order valence-corrected chi connectivity index (χ4v) is 1.59. The highest BCUT2D eigenvalue weighted by atomic mass is 79.9. The van der Waals surface area contributed by atoms with Crippen molar-refractivity contribution in [3.8, 4) is 0 Å². The molecule has 0 saturated carbocycles. The van der Waals surface area contributed by atoms with Gasteiger partial charge in [-0.25, -0.2) is 8.78 Å². The number of aromatic nitrogens is 1. The molecule has 1 heterocycles. The van der Waals surface area contributed by atoms with Crippen LogP contribution in [0.3, 0.4) is 0 Å². The first-order valence-corrected chi connectivity index (χ1v) is 4.63. The van der Waals surface area contributed by atoms with Crippen molar-refractivity contribution in [1.29, 1.82) is 0 Å². The first-order valence-electron chi connectivity index (χ1n) is 3.13. The molecule has 0 amide bonds. The molecule has 0 aromatic carbocycles. The van der Waals surface area contributed by atoms with Gasteiger partial charge in [0.05, 0.1) is 10.6 Å². The topological polar surface area (TPSA) is 12.9 Å². The monoisotopic (exact) mass is 255 g/mol. The average Bonchev–Trinajstić information content (AvgIpc) is 2.04. The van der Waals surface area contributed by atoms with Crippen LogP contribution in [0.5, 0.6) is 0 Å². The minimum absolute atomic E-state index is 0.0943. The first kappa shape index (κ1) is 9.86. The summed E-state index contributed by atoms with van der Waals surface area (Å²) in [6.45, 7) is 0. The van der Waals surface area contributed by atoms with E-state index >= 15 is 0 Å². The van der Waals surface area contributed by atoms with E-state index in [2.05, 4.69) is 20.9 Å². The second-order valence-corrected chi connectivity index (χ2v) is 3.07. The Labute approximate surface area is 81.9 Å². The standard InChI is InChI=1S/C7H5BrClF2N/c8-1-4-2-12-3-5(6(4)9)7(10)11/h2-3,7H,1H2. The van der Waals surface area contributed by atoms with E-state index in [0.717, 1.165) is 6.20 Å². The molecule has 0 bridgehead atoms. The molecule has 1 aromatic rings. The molecule has 0 fully saturated rings. The van der Waals surface area contributed by atoms with Gasteiger partial charge in [-0.1, -0.05) is 27.5 Å². The van der Waals surface area contributed by atoms with E-state index in [0.29, 0.717) is 10.9 Å². The van der Waals surface area contributed by atoms with Crippen molar-refractivity contribution in [1.82, 2.24) is 4.98 Å². The Balaban J connectivity index is 3.14. The summed E-state index contributed by atoms with van der Waals surface area (Å²) in [6, 6.07) is 0. The van der Waals surface area contributed by atoms with Gasteiger partial charge in [0.15, 0.2) is 0 Å². The van der Waals surface area contributed by atoms with Crippen molar-refractivity contribution in [2.24, 2.45) is 0 Å². The number of alkyl halides is 3. The second-order valence-electron chi connectivity index (χ2n) is 2.14. The van der Waals surface area contributed by atoms with E-state index in [1.54, 1.807) is 0 Å². The summed E-state index contributed by atoms with van der Waals surface area (Å²) in [7, 11) is 0. The Morgan fingerprint density at radius 1 is 1.50 bits per heavy atom. The summed E-state index contributed by atoms with van der Waals surface area (Å²) in [4.78, 5) is 3.64. The molecule has 0 aliphatic rings. The lowest BCUT2D eigenvalue weighted by atomic mass is 10.2. The van der Waals surface area contributed by atoms with Crippen molar-refractivity contribution in [3.63, 3.8) is 0 Å². The number of hydrogen-bond acceptors (Lipinski definition) is 1. The first-order chi connectivity index (χ1) is 5.66. The summed E-state index contributed by atoms with van der Waals surface area (Å²) >= 11 is 8.78. The lowest BCUT2D eigenvalue weighted by molar-refractivity contribution is 0.151. The molecule has 5 heteroatoms. The smallest absolute Gasteiger partial charge is 0.264 e. The van der Waals surface area contributed by atoms with Crippen LogP contribution >= 0.6 is 27.5 Å². The Hall–Kier alpha value is -0.220. The van der Waals surface area contributed by atoms with Gasteiger partial charge in [-0.05, 0) is 0 Å². The molecule has 0 aliphatic carbocycles. The zero-order chi connectivity index (χ0) is 9.14. The summed E-state index contributed by atoms with van der Waals surface area (Å²) in [5, 5.41) is 0.524. The minimum Gasteiger partial charge on any atom is -0.264 e. The number of nitrogens with zero attached hydrogens (tertiary/aromatic N) is 1. The Morgan fingerprint density at radius 3 is 2.67 bits per heavy atom. The predicted octanol–water partition coefficient (Wildman–Crippen LogP) is 3.57. The van der Waals surface area contributed by atoms with E-state index < -0.39 is 6.43 Å². The van der Waals surface area contributed by atoms with E-state index in [4.69, 9.17) is 11.6 Å². The van der Waals surface area contributed by atoms with Crippen LogP contribution in [-0.2, 0) is 5.33 Å². The summed E-state index contributed by atoms with van der Waals surface area (Å²) in [5.41, 5.74) is 0.364. The van der Waals surface area contributed by atoms with Crippen LogP contribution in [-0.4, -0.2) is 4.98 Å². The molecule has 1 rings (SSSR count). The summed E-state index contributed by atoms with van der Waals surface area (Å²) in [6.07, 6.45) is -0.0220. The molecular weight excluding hydrogens is 251 g/mol. The predicted molar refractivity (Wildman–Crippen MR) is 46.8 cm³/mol. The van der Waals surface area contributed by atoms with Crippen LogP contribution in [0.4, 0.5) is 8.78 Å². The SMILES string of the molecule is FC(F)c1cncc(CBr)c1Cl. The fraction of sp³-hybridized carbons (Fsp3) is 0.286. The largest absolute Gasteiger partial charge is 0.266 e. The van der Waals surface area contributed by atoms with Crippen molar-refractivity contribution in [3.05, 3.63) is 28.5 Å².